The van der Waals surface area contributed by atoms with E-state index in [0.29, 0.717) is 50.3 Å². The van der Waals surface area contributed by atoms with Gasteiger partial charge in [0.25, 0.3) is 0 Å². The van der Waals surface area contributed by atoms with Crippen LogP contribution in [0.4, 0.5) is 10.1 Å². The van der Waals surface area contributed by atoms with E-state index < -0.39 is 17.0 Å². The molecule has 7 rings (SSSR count). The number of nitrogens with one attached hydrogen (secondary N) is 2. The number of rotatable bonds is 4. The molecule has 42 heavy (non-hydrogen) atoms. The summed E-state index contributed by atoms with van der Waals surface area (Å²) in [5.41, 5.74) is 3.58. The first-order valence-corrected chi connectivity index (χ1v) is 14.2. The van der Waals surface area contributed by atoms with Crippen LogP contribution in [-0.4, -0.2) is 72.5 Å². The van der Waals surface area contributed by atoms with Gasteiger partial charge in [-0.1, -0.05) is 24.3 Å². The highest BCUT2D eigenvalue weighted by molar-refractivity contribution is 5.99. The molecule has 1 aromatic heterocycles. The summed E-state index contributed by atoms with van der Waals surface area (Å²) < 4.78 is 25.0. The van der Waals surface area contributed by atoms with Crippen LogP contribution in [0.15, 0.2) is 60.8 Å². The fourth-order valence-corrected chi connectivity index (χ4v) is 6.92. The van der Waals surface area contributed by atoms with E-state index in [0.717, 1.165) is 22.4 Å². The molecule has 2 N–H and O–H groups in total. The minimum atomic E-state index is -1.10. The van der Waals surface area contributed by atoms with Gasteiger partial charge in [0.15, 0.2) is 0 Å². The number of anilines is 1. The summed E-state index contributed by atoms with van der Waals surface area (Å²) >= 11 is 0. The third-order valence-corrected chi connectivity index (χ3v) is 9.06. The van der Waals surface area contributed by atoms with Gasteiger partial charge in [-0.05, 0) is 65.4 Å². The number of ketones is 1. The van der Waals surface area contributed by atoms with Crippen molar-refractivity contribution in [2.75, 3.05) is 44.8 Å². The third-order valence-electron chi connectivity index (χ3n) is 9.06. The number of carbonyl (C=O) groups is 3. The summed E-state index contributed by atoms with van der Waals surface area (Å²) in [6, 6.07) is 15.1. The number of halogens is 1. The lowest BCUT2D eigenvalue weighted by Gasteiger charge is -2.45. The van der Waals surface area contributed by atoms with Gasteiger partial charge in [-0.2, -0.15) is 0 Å². The average molecular weight is 571 g/mol. The van der Waals surface area contributed by atoms with Gasteiger partial charge in [0.1, 0.15) is 23.7 Å². The molecule has 9 nitrogen and oxygen atoms in total. The average Bonchev–Trinajstić information content (AvgIpc) is 3.38. The Bertz CT molecular complexity index is 1570. The largest absolute Gasteiger partial charge is 0.376 e. The molecule has 2 amide bonds. The van der Waals surface area contributed by atoms with E-state index in [9.17, 15) is 18.8 Å². The summed E-state index contributed by atoms with van der Waals surface area (Å²) in [6.07, 6.45) is 3.26. The minimum absolute atomic E-state index is 0.129. The number of Topliss-reactive ketones (excluding diaryl/α,β-unsaturated/α-hetero) is 1. The SMILES string of the molecule is O=C(CN1C(=O)C2(COCCOC2)NC[C@H]1c1ccc(F)cc1)Nc1ccc2c(c1)C[C@@]1(C2)C(=O)Cc2ncccc21. The topological polar surface area (TPSA) is 110 Å². The molecule has 2 aromatic carbocycles. The number of carbonyl (C=O) groups excluding carboxylic acids is 3. The number of nitrogens with zero attached hydrogens (tertiary/aromatic N) is 2. The molecule has 0 bridgehead atoms. The van der Waals surface area contributed by atoms with E-state index in [-0.39, 0.29) is 43.2 Å². The maximum Gasteiger partial charge on any atom is 0.248 e. The predicted molar refractivity (Wildman–Crippen MR) is 150 cm³/mol. The van der Waals surface area contributed by atoms with Crippen molar-refractivity contribution in [2.24, 2.45) is 0 Å². The van der Waals surface area contributed by atoms with Gasteiger partial charge in [-0.15, -0.1) is 0 Å². The smallest absolute Gasteiger partial charge is 0.248 e. The Labute approximate surface area is 242 Å². The molecule has 4 aliphatic rings. The quantitative estimate of drug-likeness (QED) is 0.496. The van der Waals surface area contributed by atoms with Crippen LogP contribution in [0, 0.1) is 5.82 Å². The van der Waals surface area contributed by atoms with Crippen molar-refractivity contribution < 1.29 is 28.2 Å². The molecule has 2 saturated heterocycles. The van der Waals surface area contributed by atoms with Crippen LogP contribution in [0.3, 0.4) is 0 Å². The van der Waals surface area contributed by atoms with Crippen molar-refractivity contribution in [1.29, 1.82) is 0 Å². The van der Waals surface area contributed by atoms with Crippen molar-refractivity contribution in [3.8, 4) is 0 Å². The maximum atomic E-state index is 13.9. The number of pyridine rings is 1. The fraction of sp³-hybridized carbons (Fsp3) is 0.375. The third kappa shape index (κ3) is 4.50. The van der Waals surface area contributed by atoms with E-state index in [1.54, 1.807) is 18.3 Å². The number of benzene rings is 2. The number of ether oxygens (including phenoxy) is 2. The Morgan fingerprint density at radius 3 is 2.60 bits per heavy atom. The zero-order chi connectivity index (χ0) is 28.9. The minimum Gasteiger partial charge on any atom is -0.376 e. The number of hydrogen-bond donors (Lipinski definition) is 2. The lowest BCUT2D eigenvalue weighted by molar-refractivity contribution is -0.151. The number of piperazine rings is 1. The van der Waals surface area contributed by atoms with Crippen LogP contribution in [0.1, 0.15) is 34.0 Å². The van der Waals surface area contributed by atoms with Crippen molar-refractivity contribution in [2.45, 2.75) is 36.3 Å². The molecule has 3 aromatic rings. The second-order valence-electron chi connectivity index (χ2n) is 11.6. The van der Waals surface area contributed by atoms with Gasteiger partial charge in [0.05, 0.1) is 43.6 Å². The summed E-state index contributed by atoms with van der Waals surface area (Å²) in [7, 11) is 0. The highest BCUT2D eigenvalue weighted by atomic mass is 19.1. The lowest BCUT2D eigenvalue weighted by Crippen LogP contribution is -2.69. The van der Waals surface area contributed by atoms with E-state index in [1.165, 1.54) is 17.0 Å². The first kappa shape index (κ1) is 26.9. The molecule has 0 unspecified atom stereocenters. The second-order valence-corrected chi connectivity index (χ2v) is 11.6. The first-order chi connectivity index (χ1) is 20.4. The van der Waals surface area contributed by atoms with E-state index in [1.807, 2.05) is 30.3 Å². The van der Waals surface area contributed by atoms with Crippen LogP contribution in [0.25, 0.3) is 0 Å². The maximum absolute atomic E-state index is 13.9. The molecule has 2 atom stereocenters. The summed E-state index contributed by atoms with van der Waals surface area (Å²) in [5, 5.41) is 6.27. The first-order valence-electron chi connectivity index (χ1n) is 14.2. The number of aromatic nitrogens is 1. The van der Waals surface area contributed by atoms with E-state index in [4.69, 9.17) is 9.47 Å². The summed E-state index contributed by atoms with van der Waals surface area (Å²) in [6.45, 7) is 1.16. The monoisotopic (exact) mass is 570 g/mol. The molecule has 2 aliphatic carbocycles. The van der Waals surface area contributed by atoms with Crippen molar-refractivity contribution in [3.05, 3.63) is 94.6 Å². The normalized spacial score (nSPS) is 24.5. The molecule has 2 fully saturated rings. The number of hydrogen-bond acceptors (Lipinski definition) is 7. The van der Waals surface area contributed by atoms with Crippen LogP contribution in [0.5, 0.6) is 0 Å². The summed E-state index contributed by atoms with van der Waals surface area (Å²) in [5.74, 6) is -0.856. The lowest BCUT2D eigenvalue weighted by atomic mass is 9.78. The van der Waals surface area contributed by atoms with Crippen LogP contribution in [0.2, 0.25) is 0 Å². The standard InChI is InChI=1S/C32H31FN4O5/c33-23-6-3-20(4-7-23)27-16-35-32(18-41-10-11-42-19-32)30(40)37(27)17-29(39)36-24-8-5-21-14-31(15-22(21)12-24)25-2-1-9-34-26(25)13-28(31)38/h1-9,12,27,35H,10-11,13-19H2,(H,36,39)/t27-,31+/m0/s1. The molecule has 2 spiro atoms. The van der Waals surface area contributed by atoms with E-state index >= 15 is 0 Å². The number of fused-ring (bicyclic) bond motifs is 3. The zero-order valence-corrected chi connectivity index (χ0v) is 23.0. The Morgan fingerprint density at radius 1 is 1.05 bits per heavy atom. The Kier molecular flexibility index (Phi) is 6.64. The molecule has 3 heterocycles. The fourth-order valence-electron chi connectivity index (χ4n) is 6.92. The number of amides is 2. The van der Waals surface area contributed by atoms with Gasteiger partial charge in [-0.25, -0.2) is 4.39 Å². The summed E-state index contributed by atoms with van der Waals surface area (Å²) in [4.78, 5) is 46.5. The van der Waals surface area contributed by atoms with Gasteiger partial charge in [0, 0.05) is 24.8 Å². The second kappa shape index (κ2) is 10.4. The van der Waals surface area contributed by atoms with Crippen LogP contribution < -0.4 is 10.6 Å². The van der Waals surface area contributed by atoms with Gasteiger partial charge in [0.2, 0.25) is 11.8 Å². The molecule has 0 saturated carbocycles. The van der Waals surface area contributed by atoms with Gasteiger partial charge in [-0.3, -0.25) is 24.7 Å². The molecule has 10 heteroatoms. The van der Waals surface area contributed by atoms with Crippen molar-refractivity contribution >= 4 is 23.3 Å². The van der Waals surface area contributed by atoms with Gasteiger partial charge >= 0.3 is 0 Å². The molecule has 216 valence electrons. The zero-order valence-electron chi connectivity index (χ0n) is 23.0. The Hall–Kier alpha value is -3.99. The Balaban J connectivity index is 1.11. The Morgan fingerprint density at radius 2 is 1.81 bits per heavy atom. The van der Waals surface area contributed by atoms with E-state index in [2.05, 4.69) is 15.6 Å². The molecule has 0 radical (unpaired) electrons. The van der Waals surface area contributed by atoms with Crippen LogP contribution in [-0.2, 0) is 48.5 Å². The van der Waals surface area contributed by atoms with Gasteiger partial charge < -0.3 is 19.7 Å². The van der Waals surface area contributed by atoms with Crippen molar-refractivity contribution in [1.82, 2.24) is 15.2 Å². The predicted octanol–water partition coefficient (Wildman–Crippen LogP) is 2.28. The highest BCUT2D eigenvalue weighted by Crippen LogP contribution is 2.46. The van der Waals surface area contributed by atoms with Crippen molar-refractivity contribution in [3.63, 3.8) is 0 Å². The molecular weight excluding hydrogens is 539 g/mol. The molecular formula is C32H31FN4O5. The molecule has 2 aliphatic heterocycles. The highest BCUT2D eigenvalue weighted by Gasteiger charge is 2.51. The van der Waals surface area contributed by atoms with Crippen LogP contribution >= 0.6 is 0 Å².